The number of nitrogens with one attached hydrogen (secondary N) is 2. The van der Waals surface area contributed by atoms with E-state index in [9.17, 15) is 14.4 Å². The Morgan fingerprint density at radius 3 is 2.07 bits per heavy atom. The second-order valence-corrected chi connectivity index (χ2v) is 10.8. The Kier molecular flexibility index (Phi) is 9.31. The van der Waals surface area contributed by atoms with Crippen molar-refractivity contribution in [3.05, 3.63) is 95.6 Å². The first-order chi connectivity index (χ1) is 20.0. The maximum atomic E-state index is 13.2. The van der Waals surface area contributed by atoms with Crippen LogP contribution in [-0.2, 0) is 25.5 Å². The lowest BCUT2D eigenvalue weighted by atomic mass is 9.98. The minimum atomic E-state index is -0.950. The van der Waals surface area contributed by atoms with Crippen molar-refractivity contribution in [3.8, 4) is 11.1 Å². The number of benzene rings is 3. The first-order valence-corrected chi connectivity index (χ1v) is 14.4. The Labute approximate surface area is 240 Å². The highest BCUT2D eigenvalue weighted by Crippen LogP contribution is 2.44. The van der Waals surface area contributed by atoms with E-state index in [0.29, 0.717) is 0 Å². The summed E-state index contributed by atoms with van der Waals surface area (Å²) in [6, 6.07) is 24.6. The summed E-state index contributed by atoms with van der Waals surface area (Å²) in [7, 11) is 0. The van der Waals surface area contributed by atoms with Crippen molar-refractivity contribution in [1.82, 2.24) is 10.6 Å². The first kappa shape index (κ1) is 28.4. The lowest BCUT2D eigenvalue weighted by Gasteiger charge is -2.24. The zero-order chi connectivity index (χ0) is 28.6. The summed E-state index contributed by atoms with van der Waals surface area (Å²) < 4.78 is 11.2. The minimum absolute atomic E-state index is 0.0831. The lowest BCUT2D eigenvalue weighted by molar-refractivity contribution is -0.151. The quantitative estimate of drug-likeness (QED) is 0.244. The summed E-state index contributed by atoms with van der Waals surface area (Å²) in [5.74, 6) is -1.03. The van der Waals surface area contributed by atoms with Crippen molar-refractivity contribution < 1.29 is 23.9 Å². The summed E-state index contributed by atoms with van der Waals surface area (Å²) in [6.07, 6.45) is 3.32. The molecule has 0 unspecified atom stereocenters. The summed E-state index contributed by atoms with van der Waals surface area (Å²) in [5, 5.41) is 5.38. The molecule has 2 amide bonds. The van der Waals surface area contributed by atoms with Crippen LogP contribution in [0.2, 0.25) is 0 Å². The molecule has 0 heterocycles. The van der Waals surface area contributed by atoms with Crippen LogP contribution in [0.4, 0.5) is 4.79 Å². The van der Waals surface area contributed by atoms with Gasteiger partial charge in [0.1, 0.15) is 18.8 Å². The summed E-state index contributed by atoms with van der Waals surface area (Å²) in [5.41, 5.74) is 11.4. The monoisotopic (exact) mass is 555 g/mol. The molecule has 0 radical (unpaired) electrons. The van der Waals surface area contributed by atoms with E-state index < -0.39 is 30.2 Å². The smallest absolute Gasteiger partial charge is 0.407 e. The zero-order valence-electron chi connectivity index (χ0n) is 23.1. The number of rotatable bonds is 10. The predicted octanol–water partition coefficient (Wildman–Crippen LogP) is 4.80. The number of carbonyl (C=O) groups is 3. The fourth-order valence-electron chi connectivity index (χ4n) is 5.77. The lowest BCUT2D eigenvalue weighted by Crippen LogP contribution is -2.53. The highest BCUT2D eigenvalue weighted by atomic mass is 16.6. The SMILES string of the molecule is N[C@@H](CC(=O)OC1CCCCC1)NC(=O)[C@H](Cc1ccccc1)NC(=O)OCC1c2ccccc2-c2ccccc21. The van der Waals surface area contributed by atoms with E-state index in [1.807, 2.05) is 66.7 Å². The van der Waals surface area contributed by atoms with Gasteiger partial charge in [-0.15, -0.1) is 0 Å². The maximum absolute atomic E-state index is 13.2. The van der Waals surface area contributed by atoms with Crippen LogP contribution in [0.1, 0.15) is 61.1 Å². The second-order valence-electron chi connectivity index (χ2n) is 10.8. The molecule has 3 aromatic carbocycles. The van der Waals surface area contributed by atoms with Gasteiger partial charge >= 0.3 is 12.1 Å². The molecule has 0 saturated heterocycles. The van der Waals surface area contributed by atoms with Crippen LogP contribution in [0, 0.1) is 0 Å². The van der Waals surface area contributed by atoms with Crippen LogP contribution in [-0.4, -0.2) is 42.9 Å². The Morgan fingerprint density at radius 1 is 0.805 bits per heavy atom. The van der Waals surface area contributed by atoms with E-state index >= 15 is 0 Å². The molecule has 2 atom stereocenters. The van der Waals surface area contributed by atoms with Gasteiger partial charge in [0, 0.05) is 12.3 Å². The van der Waals surface area contributed by atoms with E-state index in [2.05, 4.69) is 22.8 Å². The van der Waals surface area contributed by atoms with Crippen molar-refractivity contribution >= 4 is 18.0 Å². The van der Waals surface area contributed by atoms with Crippen molar-refractivity contribution in [3.63, 3.8) is 0 Å². The molecule has 1 saturated carbocycles. The van der Waals surface area contributed by atoms with Gasteiger partial charge in [-0.05, 0) is 53.5 Å². The molecule has 214 valence electrons. The number of hydrogen-bond acceptors (Lipinski definition) is 6. The molecule has 8 nitrogen and oxygen atoms in total. The Morgan fingerprint density at radius 2 is 1.41 bits per heavy atom. The van der Waals surface area contributed by atoms with E-state index in [4.69, 9.17) is 15.2 Å². The Bertz CT molecular complexity index is 1310. The number of alkyl carbamates (subject to hydrolysis) is 1. The number of fused-ring (bicyclic) bond motifs is 3. The van der Waals surface area contributed by atoms with Crippen molar-refractivity contribution in [2.45, 2.75) is 69.2 Å². The van der Waals surface area contributed by atoms with Gasteiger partial charge in [-0.1, -0.05) is 85.3 Å². The summed E-state index contributed by atoms with van der Waals surface area (Å²) in [6.45, 7) is 0.131. The van der Waals surface area contributed by atoms with E-state index in [0.717, 1.165) is 59.9 Å². The molecule has 3 aromatic rings. The van der Waals surface area contributed by atoms with Gasteiger partial charge in [0.05, 0.1) is 12.6 Å². The molecular formula is C33H37N3O5. The van der Waals surface area contributed by atoms with E-state index in [-0.39, 0.29) is 31.5 Å². The number of esters is 1. The van der Waals surface area contributed by atoms with Crippen molar-refractivity contribution in [2.24, 2.45) is 5.73 Å². The fourth-order valence-corrected chi connectivity index (χ4v) is 5.77. The normalized spacial score (nSPS) is 16.1. The average Bonchev–Trinajstić information content (AvgIpc) is 3.30. The highest BCUT2D eigenvalue weighted by Gasteiger charge is 2.30. The molecule has 0 aromatic heterocycles. The molecule has 2 aliphatic carbocycles. The molecule has 2 aliphatic rings. The molecular weight excluding hydrogens is 518 g/mol. The molecule has 0 aliphatic heterocycles. The van der Waals surface area contributed by atoms with Crippen LogP contribution < -0.4 is 16.4 Å². The molecule has 4 N–H and O–H groups in total. The third-order valence-corrected chi connectivity index (χ3v) is 7.80. The zero-order valence-corrected chi connectivity index (χ0v) is 23.1. The molecule has 41 heavy (non-hydrogen) atoms. The second kappa shape index (κ2) is 13.5. The van der Waals surface area contributed by atoms with Crippen LogP contribution >= 0.6 is 0 Å². The fraction of sp³-hybridized carbons (Fsp3) is 0.364. The van der Waals surface area contributed by atoms with Gasteiger partial charge in [0.25, 0.3) is 0 Å². The molecule has 0 spiro atoms. The van der Waals surface area contributed by atoms with Crippen molar-refractivity contribution in [2.75, 3.05) is 6.61 Å². The number of ether oxygens (including phenoxy) is 2. The third-order valence-electron chi connectivity index (χ3n) is 7.80. The average molecular weight is 556 g/mol. The van der Waals surface area contributed by atoms with Crippen LogP contribution in [0.5, 0.6) is 0 Å². The summed E-state index contributed by atoms with van der Waals surface area (Å²) >= 11 is 0. The van der Waals surface area contributed by atoms with Gasteiger partial charge in [0.15, 0.2) is 0 Å². The molecule has 1 fully saturated rings. The van der Waals surface area contributed by atoms with Gasteiger partial charge in [-0.25, -0.2) is 4.79 Å². The molecule has 5 rings (SSSR count). The minimum Gasteiger partial charge on any atom is -0.462 e. The van der Waals surface area contributed by atoms with E-state index in [1.165, 1.54) is 0 Å². The van der Waals surface area contributed by atoms with Crippen molar-refractivity contribution in [1.29, 1.82) is 0 Å². The number of amides is 2. The Hall–Kier alpha value is -4.17. The van der Waals surface area contributed by atoms with Crippen LogP contribution in [0.3, 0.4) is 0 Å². The van der Waals surface area contributed by atoms with Gasteiger partial charge in [-0.3, -0.25) is 9.59 Å². The molecule has 8 heteroatoms. The number of hydrogen-bond donors (Lipinski definition) is 3. The Balaban J connectivity index is 1.20. The highest BCUT2D eigenvalue weighted by molar-refractivity contribution is 5.86. The van der Waals surface area contributed by atoms with Crippen LogP contribution in [0.15, 0.2) is 78.9 Å². The largest absolute Gasteiger partial charge is 0.462 e. The molecule has 0 bridgehead atoms. The standard InChI is InChI=1S/C33H37N3O5/c34-30(20-31(37)41-23-13-5-2-6-14-23)36-32(38)29(19-22-11-3-1-4-12-22)35-33(39)40-21-28-26-17-9-7-15-24(26)25-16-8-10-18-27(25)28/h1,3-4,7-12,15-18,23,28-30H,2,5-6,13-14,19-21,34H2,(H,35,39)(H,36,38)/t29-,30+/m0/s1. The maximum Gasteiger partial charge on any atom is 0.407 e. The predicted molar refractivity (Wildman–Crippen MR) is 156 cm³/mol. The van der Waals surface area contributed by atoms with Gasteiger partial charge < -0.3 is 25.8 Å². The topological polar surface area (TPSA) is 120 Å². The number of nitrogens with two attached hydrogens (primary N) is 1. The van der Waals surface area contributed by atoms with E-state index in [1.54, 1.807) is 0 Å². The number of carbonyl (C=O) groups excluding carboxylic acids is 3. The summed E-state index contributed by atoms with van der Waals surface area (Å²) in [4.78, 5) is 38.6. The van der Waals surface area contributed by atoms with Crippen LogP contribution in [0.25, 0.3) is 11.1 Å². The van der Waals surface area contributed by atoms with Gasteiger partial charge in [-0.2, -0.15) is 0 Å². The van der Waals surface area contributed by atoms with Gasteiger partial charge in [0.2, 0.25) is 5.91 Å². The third kappa shape index (κ3) is 7.32. The first-order valence-electron chi connectivity index (χ1n) is 14.4.